The van der Waals surface area contributed by atoms with Crippen LogP contribution in [0.2, 0.25) is 0 Å². The van der Waals surface area contributed by atoms with Gasteiger partial charge in [-0.2, -0.15) is 0 Å². The minimum absolute atomic E-state index is 0.0844. The molecule has 0 aliphatic carbocycles. The Labute approximate surface area is 155 Å². The summed E-state index contributed by atoms with van der Waals surface area (Å²) in [6.07, 6.45) is 1.49. The van der Waals surface area contributed by atoms with Crippen molar-refractivity contribution in [3.63, 3.8) is 0 Å². The first-order valence-corrected chi connectivity index (χ1v) is 10.9. The summed E-state index contributed by atoms with van der Waals surface area (Å²) >= 11 is 0. The smallest absolute Gasteiger partial charge is 0.251 e. The molecule has 7 nitrogen and oxygen atoms in total. The van der Waals surface area contributed by atoms with Gasteiger partial charge in [-0.25, -0.2) is 13.4 Å². The highest BCUT2D eigenvalue weighted by Crippen LogP contribution is 2.11. The van der Waals surface area contributed by atoms with Crippen molar-refractivity contribution in [3.05, 3.63) is 35.4 Å². The fourth-order valence-corrected chi connectivity index (χ4v) is 4.42. The van der Waals surface area contributed by atoms with Gasteiger partial charge in [0, 0.05) is 24.7 Å². The van der Waals surface area contributed by atoms with Crippen LogP contribution >= 0.6 is 0 Å². The predicted molar refractivity (Wildman–Crippen MR) is 104 cm³/mol. The van der Waals surface area contributed by atoms with Crippen LogP contribution in [0.1, 0.15) is 42.6 Å². The number of nitrogens with one attached hydrogen (secondary N) is 3. The van der Waals surface area contributed by atoms with Gasteiger partial charge in [0.25, 0.3) is 5.91 Å². The fraction of sp³-hybridized carbons (Fsp3) is 0.556. The van der Waals surface area contributed by atoms with Crippen molar-refractivity contribution in [2.75, 3.05) is 24.6 Å². The number of hydrogen-bond acceptors (Lipinski definition) is 4. The highest BCUT2D eigenvalue weighted by Gasteiger charge is 2.28. The summed E-state index contributed by atoms with van der Waals surface area (Å²) in [5.74, 6) is 0.873. The molecular formula is C18H28N4O3S. The van der Waals surface area contributed by atoms with Gasteiger partial charge in [0.1, 0.15) is 0 Å². The number of guanidine groups is 1. The summed E-state index contributed by atoms with van der Waals surface area (Å²) in [6.45, 7) is 5.71. The second-order valence-corrected chi connectivity index (χ2v) is 8.62. The molecule has 0 aromatic heterocycles. The monoisotopic (exact) mass is 380 g/mol. The Morgan fingerprint density at radius 2 is 2.08 bits per heavy atom. The summed E-state index contributed by atoms with van der Waals surface area (Å²) < 4.78 is 23.2. The van der Waals surface area contributed by atoms with E-state index in [0.29, 0.717) is 37.6 Å². The van der Waals surface area contributed by atoms with Gasteiger partial charge in [0.05, 0.1) is 18.1 Å². The van der Waals surface area contributed by atoms with Crippen LogP contribution in [-0.4, -0.2) is 50.9 Å². The van der Waals surface area contributed by atoms with Crippen molar-refractivity contribution in [1.29, 1.82) is 0 Å². The summed E-state index contributed by atoms with van der Waals surface area (Å²) in [7, 11) is -2.94. The zero-order valence-corrected chi connectivity index (χ0v) is 16.2. The summed E-state index contributed by atoms with van der Waals surface area (Å²) in [6, 6.07) is 7.27. The number of hydrogen-bond donors (Lipinski definition) is 3. The van der Waals surface area contributed by atoms with Crippen molar-refractivity contribution in [2.45, 2.75) is 39.3 Å². The molecule has 1 atom stereocenters. The molecule has 8 heteroatoms. The number of carbonyl (C=O) groups is 1. The third kappa shape index (κ3) is 6.33. The average Bonchev–Trinajstić information content (AvgIpc) is 2.96. The van der Waals surface area contributed by atoms with Gasteiger partial charge in [0.2, 0.25) is 0 Å². The second-order valence-electron chi connectivity index (χ2n) is 6.40. The van der Waals surface area contributed by atoms with Crippen LogP contribution in [0.5, 0.6) is 0 Å². The Morgan fingerprint density at radius 3 is 2.73 bits per heavy atom. The fourth-order valence-electron chi connectivity index (χ4n) is 2.74. The third-order valence-electron chi connectivity index (χ3n) is 4.06. The molecule has 0 spiro atoms. The quantitative estimate of drug-likeness (QED) is 0.485. The number of aliphatic imine (C=N–C) groups is 1. The Kier molecular flexibility index (Phi) is 7.44. The van der Waals surface area contributed by atoms with Crippen LogP contribution in [0.15, 0.2) is 29.3 Å². The molecule has 1 unspecified atom stereocenters. The molecule has 3 N–H and O–H groups in total. The van der Waals surface area contributed by atoms with E-state index in [1.165, 1.54) is 0 Å². The molecule has 1 aromatic carbocycles. The molecule has 144 valence electrons. The van der Waals surface area contributed by atoms with Gasteiger partial charge in [-0.1, -0.05) is 19.1 Å². The SMILES string of the molecule is CCCNC(=O)c1cccc(CN=C(NCC)NC2CCS(=O)(=O)C2)c1. The van der Waals surface area contributed by atoms with E-state index in [-0.39, 0.29) is 23.5 Å². The lowest BCUT2D eigenvalue weighted by Gasteiger charge is -2.15. The van der Waals surface area contributed by atoms with Crippen LogP contribution in [0, 0.1) is 0 Å². The molecule has 0 bridgehead atoms. The maximum Gasteiger partial charge on any atom is 0.251 e. The number of amides is 1. The van der Waals surface area contributed by atoms with Gasteiger partial charge in [-0.05, 0) is 37.5 Å². The number of benzene rings is 1. The number of rotatable bonds is 7. The van der Waals surface area contributed by atoms with E-state index in [0.717, 1.165) is 12.0 Å². The van der Waals surface area contributed by atoms with Crippen LogP contribution in [0.3, 0.4) is 0 Å². The Morgan fingerprint density at radius 1 is 1.27 bits per heavy atom. The molecule has 1 aliphatic heterocycles. The van der Waals surface area contributed by atoms with Crippen molar-refractivity contribution in [2.24, 2.45) is 4.99 Å². The first kappa shape index (κ1) is 20.2. The molecule has 1 heterocycles. The number of nitrogens with zero attached hydrogens (tertiary/aromatic N) is 1. The first-order valence-electron chi connectivity index (χ1n) is 9.06. The van der Waals surface area contributed by atoms with Gasteiger partial charge in [-0.15, -0.1) is 0 Å². The summed E-state index contributed by atoms with van der Waals surface area (Å²) in [5, 5.41) is 9.19. The minimum atomic E-state index is -2.94. The van der Waals surface area contributed by atoms with E-state index >= 15 is 0 Å². The van der Waals surface area contributed by atoms with Crippen molar-refractivity contribution in [1.82, 2.24) is 16.0 Å². The topological polar surface area (TPSA) is 99.7 Å². The maximum atomic E-state index is 12.1. The first-order chi connectivity index (χ1) is 12.4. The van der Waals surface area contributed by atoms with Gasteiger partial charge in [-0.3, -0.25) is 4.79 Å². The molecule has 2 rings (SSSR count). The van der Waals surface area contributed by atoms with Crippen LogP contribution < -0.4 is 16.0 Å². The van der Waals surface area contributed by atoms with Crippen molar-refractivity contribution < 1.29 is 13.2 Å². The van der Waals surface area contributed by atoms with E-state index in [1.807, 2.05) is 32.0 Å². The average molecular weight is 381 g/mol. The summed E-state index contributed by atoms with van der Waals surface area (Å²) in [4.78, 5) is 16.6. The molecular weight excluding hydrogens is 352 g/mol. The zero-order valence-electron chi connectivity index (χ0n) is 15.4. The van der Waals surface area contributed by atoms with E-state index in [1.54, 1.807) is 6.07 Å². The largest absolute Gasteiger partial charge is 0.357 e. The summed E-state index contributed by atoms with van der Waals surface area (Å²) in [5.41, 5.74) is 1.54. The van der Waals surface area contributed by atoms with E-state index in [4.69, 9.17) is 0 Å². The molecule has 1 aliphatic rings. The number of carbonyl (C=O) groups excluding carboxylic acids is 1. The third-order valence-corrected chi connectivity index (χ3v) is 5.83. The molecule has 1 saturated heterocycles. The van der Waals surface area contributed by atoms with E-state index in [2.05, 4.69) is 20.9 Å². The van der Waals surface area contributed by atoms with Crippen LogP contribution in [-0.2, 0) is 16.4 Å². The molecule has 26 heavy (non-hydrogen) atoms. The number of sulfone groups is 1. The van der Waals surface area contributed by atoms with Gasteiger partial charge < -0.3 is 16.0 Å². The van der Waals surface area contributed by atoms with Crippen LogP contribution in [0.4, 0.5) is 0 Å². The Bertz CT molecular complexity index is 747. The Hall–Kier alpha value is -2.09. The van der Waals surface area contributed by atoms with Crippen molar-refractivity contribution >= 4 is 21.7 Å². The lowest BCUT2D eigenvalue weighted by Crippen LogP contribution is -2.44. The molecule has 1 amide bonds. The van der Waals surface area contributed by atoms with Gasteiger partial charge in [0.15, 0.2) is 15.8 Å². The van der Waals surface area contributed by atoms with Crippen LogP contribution in [0.25, 0.3) is 0 Å². The maximum absolute atomic E-state index is 12.1. The standard InChI is InChI=1S/C18H28N4O3S/c1-3-9-20-17(23)15-7-5-6-14(11-15)12-21-18(19-4-2)22-16-8-10-26(24,25)13-16/h5-7,11,16H,3-4,8-10,12-13H2,1-2H3,(H,20,23)(H2,19,21,22). The predicted octanol–water partition coefficient (Wildman–Crippen LogP) is 1.07. The molecule has 1 aromatic rings. The molecule has 0 saturated carbocycles. The van der Waals surface area contributed by atoms with Crippen molar-refractivity contribution in [3.8, 4) is 0 Å². The highest BCUT2D eigenvalue weighted by atomic mass is 32.2. The van der Waals surface area contributed by atoms with Gasteiger partial charge >= 0.3 is 0 Å². The van der Waals surface area contributed by atoms with E-state index < -0.39 is 9.84 Å². The molecule has 0 radical (unpaired) electrons. The highest BCUT2D eigenvalue weighted by molar-refractivity contribution is 7.91. The lowest BCUT2D eigenvalue weighted by atomic mass is 10.1. The second kappa shape index (κ2) is 9.56. The lowest BCUT2D eigenvalue weighted by molar-refractivity contribution is 0.0953. The van der Waals surface area contributed by atoms with E-state index in [9.17, 15) is 13.2 Å². The minimum Gasteiger partial charge on any atom is -0.357 e. The zero-order chi connectivity index (χ0) is 19.0. The normalized spacial score (nSPS) is 19.2. The Balaban J connectivity index is 2.01. The molecule has 1 fully saturated rings.